The van der Waals surface area contributed by atoms with Crippen molar-refractivity contribution in [2.75, 3.05) is 11.9 Å². The summed E-state index contributed by atoms with van der Waals surface area (Å²) in [5.41, 5.74) is 6.49. The number of nitrogens with zero attached hydrogens (tertiary/aromatic N) is 3. The second kappa shape index (κ2) is 5.21. The molecule has 19 heavy (non-hydrogen) atoms. The number of aromatic amines is 1. The number of amidine groups is 1. The smallest absolute Gasteiger partial charge is 0.291 e. The Morgan fingerprint density at radius 1 is 1.53 bits per heavy atom. The molecule has 0 radical (unpaired) electrons. The first-order chi connectivity index (χ1) is 9.13. The van der Waals surface area contributed by atoms with Gasteiger partial charge in [0.1, 0.15) is 0 Å². The Hall–Kier alpha value is -2.83. The van der Waals surface area contributed by atoms with Gasteiger partial charge < -0.3 is 20.8 Å². The van der Waals surface area contributed by atoms with Crippen molar-refractivity contribution in [3.05, 3.63) is 52.6 Å². The lowest BCUT2D eigenvalue weighted by molar-refractivity contribution is 0.318. The van der Waals surface area contributed by atoms with Gasteiger partial charge in [0.15, 0.2) is 11.7 Å². The fourth-order valence-electron chi connectivity index (χ4n) is 1.64. The van der Waals surface area contributed by atoms with Crippen LogP contribution in [0.25, 0.3) is 0 Å². The Bertz CT molecular complexity index is 665. The number of nitrogens with two attached hydrogens (primary N) is 1. The number of benzene rings is 1. The predicted octanol–water partition coefficient (Wildman–Crippen LogP) is 0.632. The van der Waals surface area contributed by atoms with Gasteiger partial charge >= 0.3 is 0 Å². The highest BCUT2D eigenvalue weighted by molar-refractivity contribution is 5.97. The molecule has 0 atom stereocenters. The summed E-state index contributed by atoms with van der Waals surface area (Å²) in [4.78, 5) is 19.9. The van der Waals surface area contributed by atoms with Crippen LogP contribution in [0.5, 0.6) is 0 Å². The van der Waals surface area contributed by atoms with Gasteiger partial charge in [-0.25, -0.2) is 4.98 Å². The number of nitrogens with one attached hydrogen (secondary N) is 1. The minimum atomic E-state index is -0.292. The van der Waals surface area contributed by atoms with E-state index in [4.69, 9.17) is 10.9 Å². The minimum absolute atomic E-state index is 0.00480. The molecule has 0 aliphatic carbocycles. The van der Waals surface area contributed by atoms with E-state index < -0.39 is 0 Å². The van der Waals surface area contributed by atoms with E-state index in [0.717, 1.165) is 0 Å². The molecule has 0 amide bonds. The molecule has 1 heterocycles. The maximum absolute atomic E-state index is 11.7. The zero-order valence-corrected chi connectivity index (χ0v) is 10.2. The number of hydrogen-bond donors (Lipinski definition) is 3. The lowest BCUT2D eigenvalue weighted by atomic mass is 10.2. The van der Waals surface area contributed by atoms with Gasteiger partial charge in [0.25, 0.3) is 5.56 Å². The average Bonchev–Trinajstić information content (AvgIpc) is 2.46. The molecule has 4 N–H and O–H groups in total. The standard InChI is InChI=1S/C12H13N5O2/c1-17(11-12(18)15-6-5-14-11)9-4-2-3-8(7-9)10(13)16-19/h2-7,19H,1H3,(H2,13,16)(H,15,18). The molecular weight excluding hydrogens is 246 g/mol. The van der Waals surface area contributed by atoms with Gasteiger partial charge in [-0.3, -0.25) is 4.79 Å². The maximum atomic E-state index is 11.7. The minimum Gasteiger partial charge on any atom is -0.409 e. The zero-order valence-electron chi connectivity index (χ0n) is 10.2. The molecule has 0 bridgehead atoms. The molecule has 7 nitrogen and oxygen atoms in total. The fraction of sp³-hybridized carbons (Fsp3) is 0.0833. The zero-order chi connectivity index (χ0) is 13.8. The highest BCUT2D eigenvalue weighted by atomic mass is 16.4. The number of oxime groups is 1. The number of rotatable bonds is 3. The predicted molar refractivity (Wildman–Crippen MR) is 71.9 cm³/mol. The van der Waals surface area contributed by atoms with Crippen LogP contribution in [0.1, 0.15) is 5.56 Å². The van der Waals surface area contributed by atoms with Gasteiger partial charge in [-0.2, -0.15) is 0 Å². The molecule has 0 aliphatic rings. The molecule has 98 valence electrons. The van der Waals surface area contributed by atoms with Crippen LogP contribution in [0, 0.1) is 0 Å². The molecule has 0 spiro atoms. The largest absolute Gasteiger partial charge is 0.409 e. The molecule has 0 saturated heterocycles. The van der Waals surface area contributed by atoms with Crippen LogP contribution in [0.4, 0.5) is 11.5 Å². The average molecular weight is 259 g/mol. The van der Waals surface area contributed by atoms with Crippen LogP contribution in [0.15, 0.2) is 46.6 Å². The lowest BCUT2D eigenvalue weighted by Gasteiger charge is -2.17. The lowest BCUT2D eigenvalue weighted by Crippen LogP contribution is -2.22. The highest BCUT2D eigenvalue weighted by Gasteiger charge is 2.10. The molecule has 0 saturated carbocycles. The molecule has 1 aromatic heterocycles. The quantitative estimate of drug-likeness (QED) is 0.324. The third-order valence-electron chi connectivity index (χ3n) is 2.64. The molecule has 0 aliphatic heterocycles. The van der Waals surface area contributed by atoms with Crippen molar-refractivity contribution >= 4 is 17.3 Å². The molecule has 2 rings (SSSR count). The summed E-state index contributed by atoms with van der Waals surface area (Å²) >= 11 is 0. The molecule has 0 unspecified atom stereocenters. The van der Waals surface area contributed by atoms with E-state index in [9.17, 15) is 4.79 Å². The van der Waals surface area contributed by atoms with Crippen LogP contribution >= 0.6 is 0 Å². The van der Waals surface area contributed by atoms with Crippen LogP contribution in [0.2, 0.25) is 0 Å². The Labute approximate surface area is 109 Å². The van der Waals surface area contributed by atoms with E-state index >= 15 is 0 Å². The first-order valence-electron chi connectivity index (χ1n) is 5.49. The van der Waals surface area contributed by atoms with Crippen molar-refractivity contribution in [1.29, 1.82) is 0 Å². The third kappa shape index (κ3) is 2.54. The highest BCUT2D eigenvalue weighted by Crippen LogP contribution is 2.19. The summed E-state index contributed by atoms with van der Waals surface area (Å²) in [5, 5.41) is 11.6. The Balaban J connectivity index is 2.43. The van der Waals surface area contributed by atoms with E-state index in [1.807, 2.05) is 0 Å². The van der Waals surface area contributed by atoms with Gasteiger partial charge in [0, 0.05) is 30.7 Å². The van der Waals surface area contributed by atoms with E-state index in [0.29, 0.717) is 11.3 Å². The SMILES string of the molecule is CN(c1cccc(/C(N)=N/O)c1)c1ncc[nH]c1=O. The molecular formula is C12H13N5O2. The van der Waals surface area contributed by atoms with E-state index in [1.165, 1.54) is 12.4 Å². The number of aromatic nitrogens is 2. The third-order valence-corrected chi connectivity index (χ3v) is 2.64. The van der Waals surface area contributed by atoms with Gasteiger partial charge in [-0.05, 0) is 12.1 Å². The summed E-state index contributed by atoms with van der Waals surface area (Å²) < 4.78 is 0. The second-order valence-electron chi connectivity index (χ2n) is 3.84. The van der Waals surface area contributed by atoms with Gasteiger partial charge in [0.2, 0.25) is 0 Å². The van der Waals surface area contributed by atoms with Crippen molar-refractivity contribution in [2.24, 2.45) is 10.9 Å². The maximum Gasteiger partial charge on any atom is 0.291 e. The topological polar surface area (TPSA) is 108 Å². The monoisotopic (exact) mass is 259 g/mol. The van der Waals surface area contributed by atoms with Crippen LogP contribution in [-0.4, -0.2) is 28.1 Å². The Morgan fingerprint density at radius 3 is 3.00 bits per heavy atom. The fourth-order valence-corrected chi connectivity index (χ4v) is 1.64. The van der Waals surface area contributed by atoms with E-state index in [2.05, 4.69) is 15.1 Å². The molecule has 2 aromatic rings. The van der Waals surface area contributed by atoms with Crippen LogP contribution < -0.4 is 16.2 Å². The molecule has 7 heteroatoms. The van der Waals surface area contributed by atoms with Gasteiger partial charge in [-0.1, -0.05) is 17.3 Å². The van der Waals surface area contributed by atoms with Crippen molar-refractivity contribution < 1.29 is 5.21 Å². The summed E-state index contributed by atoms with van der Waals surface area (Å²) in [5.74, 6) is 0.268. The Morgan fingerprint density at radius 2 is 2.32 bits per heavy atom. The number of hydrogen-bond acceptors (Lipinski definition) is 5. The van der Waals surface area contributed by atoms with Crippen molar-refractivity contribution in [1.82, 2.24) is 9.97 Å². The van der Waals surface area contributed by atoms with E-state index in [-0.39, 0.29) is 17.2 Å². The molecule has 1 aromatic carbocycles. The Kier molecular flexibility index (Phi) is 3.46. The normalized spacial score (nSPS) is 11.3. The first kappa shape index (κ1) is 12.6. The summed E-state index contributed by atoms with van der Waals surface area (Å²) in [6, 6.07) is 6.94. The van der Waals surface area contributed by atoms with Crippen molar-refractivity contribution in [3.63, 3.8) is 0 Å². The summed E-state index contributed by atoms with van der Waals surface area (Å²) in [7, 11) is 1.71. The van der Waals surface area contributed by atoms with Crippen molar-refractivity contribution in [3.8, 4) is 0 Å². The molecule has 0 fully saturated rings. The summed E-state index contributed by atoms with van der Waals surface area (Å²) in [6.45, 7) is 0. The van der Waals surface area contributed by atoms with Crippen LogP contribution in [-0.2, 0) is 0 Å². The summed E-state index contributed by atoms with van der Waals surface area (Å²) in [6.07, 6.45) is 2.97. The first-order valence-corrected chi connectivity index (χ1v) is 5.49. The van der Waals surface area contributed by atoms with Crippen molar-refractivity contribution in [2.45, 2.75) is 0 Å². The number of anilines is 2. The van der Waals surface area contributed by atoms with Gasteiger partial charge in [-0.15, -0.1) is 0 Å². The van der Waals surface area contributed by atoms with E-state index in [1.54, 1.807) is 36.2 Å². The second-order valence-corrected chi connectivity index (χ2v) is 3.84. The number of H-pyrrole nitrogens is 1. The van der Waals surface area contributed by atoms with Gasteiger partial charge in [0.05, 0.1) is 0 Å². The van der Waals surface area contributed by atoms with Crippen LogP contribution in [0.3, 0.4) is 0 Å².